The van der Waals surface area contributed by atoms with Crippen molar-refractivity contribution in [2.75, 3.05) is 5.75 Å². The Morgan fingerprint density at radius 3 is 2.42 bits per heavy atom. The van der Waals surface area contributed by atoms with Crippen LogP contribution in [0.2, 0.25) is 0 Å². The number of carbonyl (C=O) groups excluding carboxylic acids is 3. The van der Waals surface area contributed by atoms with Gasteiger partial charge in [-0.05, 0) is 37.5 Å². The zero-order valence-electron chi connectivity index (χ0n) is 18.8. The summed E-state index contributed by atoms with van der Waals surface area (Å²) in [4.78, 5) is 51.3. The largest absolute Gasteiger partial charge is 0.477 e. The molecule has 33 heavy (non-hydrogen) atoms. The number of benzene rings is 1. The molecule has 0 saturated carbocycles. The number of nitrogens with zero attached hydrogens (tertiary/aromatic N) is 2. The summed E-state index contributed by atoms with van der Waals surface area (Å²) in [5, 5.41) is 11.8. The van der Waals surface area contributed by atoms with Crippen LogP contribution in [0.4, 0.5) is 0 Å². The second-order valence-electron chi connectivity index (χ2n) is 8.36. The van der Waals surface area contributed by atoms with Crippen molar-refractivity contribution in [3.8, 4) is 0 Å². The predicted octanol–water partition coefficient (Wildman–Crippen LogP) is 2.73. The van der Waals surface area contributed by atoms with Gasteiger partial charge in [0.1, 0.15) is 17.1 Å². The Hall–Kier alpha value is -3.33. The molecule has 1 saturated heterocycles. The van der Waals surface area contributed by atoms with Crippen LogP contribution in [0.3, 0.4) is 0 Å². The number of aliphatic carboxylic acids is 1. The van der Waals surface area contributed by atoms with Crippen LogP contribution < -0.4 is 5.32 Å². The molecule has 172 valence electrons. The quantitative estimate of drug-likeness (QED) is 0.500. The first-order valence-electron chi connectivity index (χ1n) is 10.6. The van der Waals surface area contributed by atoms with E-state index in [2.05, 4.69) is 5.32 Å². The molecule has 0 radical (unpaired) electrons. The molecule has 2 N–H and O–H groups in total. The van der Waals surface area contributed by atoms with Gasteiger partial charge in [-0.15, -0.1) is 11.8 Å². The molecule has 0 unspecified atom stereocenters. The molecule has 1 fully saturated rings. The summed E-state index contributed by atoms with van der Waals surface area (Å²) in [6.45, 7) is 7.13. The number of thioether (sulfide) groups is 1. The minimum Gasteiger partial charge on any atom is -0.477 e. The van der Waals surface area contributed by atoms with Gasteiger partial charge in [-0.25, -0.2) is 4.79 Å². The smallest absolute Gasteiger partial charge is 0.352 e. The molecule has 1 aromatic carbocycles. The number of aromatic nitrogens is 1. The number of amides is 2. The molecule has 8 nitrogen and oxygen atoms in total. The highest BCUT2D eigenvalue weighted by Gasteiger charge is 2.54. The van der Waals surface area contributed by atoms with Gasteiger partial charge in [0.15, 0.2) is 5.78 Å². The number of carbonyl (C=O) groups is 4. The van der Waals surface area contributed by atoms with Crippen molar-refractivity contribution in [2.45, 2.75) is 45.7 Å². The highest BCUT2D eigenvalue weighted by Crippen LogP contribution is 2.40. The van der Waals surface area contributed by atoms with Crippen molar-refractivity contribution in [1.82, 2.24) is 14.8 Å². The van der Waals surface area contributed by atoms with Crippen LogP contribution in [-0.4, -0.2) is 55.3 Å². The fourth-order valence-electron chi connectivity index (χ4n) is 4.64. The zero-order valence-corrected chi connectivity index (χ0v) is 19.7. The van der Waals surface area contributed by atoms with Crippen LogP contribution in [0.15, 0.2) is 41.6 Å². The molecule has 9 heteroatoms. The molecule has 2 aliphatic heterocycles. The lowest BCUT2D eigenvalue weighted by Crippen LogP contribution is -2.70. The number of hydrogen-bond acceptors (Lipinski definition) is 5. The van der Waals surface area contributed by atoms with Gasteiger partial charge >= 0.3 is 5.97 Å². The lowest BCUT2D eigenvalue weighted by atomic mass is 10.0. The molecule has 2 amide bonds. The van der Waals surface area contributed by atoms with Gasteiger partial charge in [-0.3, -0.25) is 19.3 Å². The number of rotatable bonds is 6. The number of carboxylic acids is 1. The van der Waals surface area contributed by atoms with Crippen LogP contribution in [0.5, 0.6) is 0 Å². The summed E-state index contributed by atoms with van der Waals surface area (Å²) in [7, 11) is 0. The standard InChI is InChI=1S/C24H25N3O5S/c1-12-11-33-23-18(22(30)27(23)19(12)24(31)32)25-21(29)17-13(2)20(15(4)28)26(14(17)3)10-16-8-6-5-7-9-16/h5-9,18,23H,10-11H2,1-4H3,(H,25,29)(H,31,32)/t18-,23-/m1/s1. The van der Waals surface area contributed by atoms with Crippen molar-refractivity contribution in [1.29, 1.82) is 0 Å². The van der Waals surface area contributed by atoms with E-state index in [-0.39, 0.29) is 11.5 Å². The highest BCUT2D eigenvalue weighted by atomic mass is 32.2. The highest BCUT2D eigenvalue weighted by molar-refractivity contribution is 8.00. The summed E-state index contributed by atoms with van der Waals surface area (Å²) in [6, 6.07) is 8.84. The molecule has 0 spiro atoms. The maximum Gasteiger partial charge on any atom is 0.352 e. The van der Waals surface area contributed by atoms with Crippen molar-refractivity contribution in [3.63, 3.8) is 0 Å². The lowest BCUT2D eigenvalue weighted by Gasteiger charge is -2.49. The molecule has 4 rings (SSSR count). The van der Waals surface area contributed by atoms with Crippen LogP contribution in [-0.2, 0) is 16.1 Å². The summed E-state index contributed by atoms with van der Waals surface area (Å²) >= 11 is 1.42. The summed E-state index contributed by atoms with van der Waals surface area (Å²) in [6.07, 6.45) is 0. The fraction of sp³-hybridized carbons (Fsp3) is 0.333. The number of hydrogen-bond donors (Lipinski definition) is 2. The van der Waals surface area contributed by atoms with Crippen molar-refractivity contribution in [2.24, 2.45) is 0 Å². The minimum atomic E-state index is -1.15. The third kappa shape index (κ3) is 3.76. The Bertz CT molecular complexity index is 1210. The number of ketones is 1. The number of Topliss-reactive ketones (excluding diaryl/α,β-unsaturated/α-hetero) is 1. The first-order chi connectivity index (χ1) is 15.6. The van der Waals surface area contributed by atoms with Gasteiger partial charge in [0.05, 0.1) is 11.3 Å². The Labute approximate surface area is 195 Å². The Kier molecular flexibility index (Phi) is 5.92. The van der Waals surface area contributed by atoms with Gasteiger partial charge in [-0.2, -0.15) is 0 Å². The van der Waals surface area contributed by atoms with E-state index < -0.39 is 29.2 Å². The number of nitrogens with one attached hydrogen (secondary N) is 1. The van der Waals surface area contributed by atoms with Gasteiger partial charge in [0, 0.05) is 24.9 Å². The van der Waals surface area contributed by atoms with E-state index in [0.717, 1.165) is 5.56 Å². The van der Waals surface area contributed by atoms with E-state index in [4.69, 9.17) is 0 Å². The van der Waals surface area contributed by atoms with E-state index in [9.17, 15) is 24.3 Å². The molecule has 0 aliphatic carbocycles. The maximum absolute atomic E-state index is 13.3. The molecule has 0 bridgehead atoms. The Morgan fingerprint density at radius 2 is 1.82 bits per heavy atom. The lowest BCUT2D eigenvalue weighted by molar-refractivity contribution is -0.148. The molecular weight excluding hydrogens is 442 g/mol. The second kappa shape index (κ2) is 8.55. The molecule has 3 heterocycles. The van der Waals surface area contributed by atoms with Crippen molar-refractivity contribution >= 4 is 35.3 Å². The first-order valence-corrected chi connectivity index (χ1v) is 11.6. The number of β-lactam (4-membered cyclic amide) rings is 1. The normalized spacial score (nSPS) is 19.8. The van der Waals surface area contributed by atoms with Gasteiger partial charge < -0.3 is 15.0 Å². The Morgan fingerprint density at radius 1 is 1.15 bits per heavy atom. The van der Waals surface area contributed by atoms with E-state index in [1.165, 1.54) is 23.6 Å². The third-order valence-corrected chi connectivity index (χ3v) is 7.58. The maximum atomic E-state index is 13.3. The number of fused-ring (bicyclic) bond motifs is 1. The van der Waals surface area contributed by atoms with Crippen LogP contribution >= 0.6 is 11.8 Å². The first kappa shape index (κ1) is 22.8. The van der Waals surface area contributed by atoms with Crippen LogP contribution in [0, 0.1) is 13.8 Å². The van der Waals surface area contributed by atoms with Gasteiger partial charge in [0.2, 0.25) is 0 Å². The van der Waals surface area contributed by atoms with E-state index >= 15 is 0 Å². The van der Waals surface area contributed by atoms with E-state index in [0.29, 0.717) is 40.4 Å². The minimum absolute atomic E-state index is 0.00510. The summed E-state index contributed by atoms with van der Waals surface area (Å²) < 4.78 is 1.83. The predicted molar refractivity (Wildman–Crippen MR) is 124 cm³/mol. The molecular formula is C24H25N3O5S. The molecule has 2 aliphatic rings. The Balaban J connectivity index is 1.62. The van der Waals surface area contributed by atoms with E-state index in [1.807, 2.05) is 34.9 Å². The molecule has 2 aromatic rings. The second-order valence-corrected chi connectivity index (χ2v) is 9.46. The van der Waals surface area contributed by atoms with Crippen LogP contribution in [0.1, 0.15) is 51.5 Å². The van der Waals surface area contributed by atoms with Crippen molar-refractivity contribution in [3.05, 3.63) is 69.7 Å². The molecule has 1 aromatic heterocycles. The third-order valence-electron chi connectivity index (χ3n) is 6.16. The zero-order chi connectivity index (χ0) is 24.0. The summed E-state index contributed by atoms with van der Waals surface area (Å²) in [5.74, 6) is -1.70. The van der Waals surface area contributed by atoms with Gasteiger partial charge in [0.25, 0.3) is 11.8 Å². The van der Waals surface area contributed by atoms with Gasteiger partial charge in [-0.1, -0.05) is 30.3 Å². The van der Waals surface area contributed by atoms with Crippen LogP contribution in [0.25, 0.3) is 0 Å². The monoisotopic (exact) mass is 467 g/mol. The van der Waals surface area contributed by atoms with Crippen molar-refractivity contribution < 1.29 is 24.3 Å². The SMILES string of the molecule is CC(=O)c1c(C)c(C(=O)N[C@@H]2C(=O)N3C(C(=O)O)=C(C)CS[C@H]23)c(C)n1Cc1ccccc1. The average molecular weight is 468 g/mol. The average Bonchev–Trinajstić information content (AvgIpc) is 3.01. The molecule has 2 atom stereocenters. The van der Waals surface area contributed by atoms with E-state index in [1.54, 1.807) is 20.8 Å². The topological polar surface area (TPSA) is 109 Å². The fourth-order valence-corrected chi connectivity index (χ4v) is 5.93. The summed E-state index contributed by atoms with van der Waals surface area (Å²) in [5.41, 5.74) is 3.65. The number of carboxylic acid groups (broad SMARTS) is 1.